The summed E-state index contributed by atoms with van der Waals surface area (Å²) in [6.07, 6.45) is 2.25. The Kier molecular flexibility index (Phi) is 2.43. The van der Waals surface area contributed by atoms with Crippen molar-refractivity contribution in [3.63, 3.8) is 0 Å². The first-order chi connectivity index (χ1) is 5.02. The molecule has 0 aromatic heterocycles. The first-order valence-corrected chi connectivity index (χ1v) is 4.38. The third-order valence-corrected chi connectivity index (χ3v) is 2.06. The smallest absolute Gasteiger partial charge is 0.243 e. The van der Waals surface area contributed by atoms with E-state index in [0.717, 1.165) is 25.9 Å². The van der Waals surface area contributed by atoms with Crippen LogP contribution < -0.4 is 0 Å². The minimum atomic E-state index is -0.718. The highest BCUT2D eigenvalue weighted by atomic mass is 35.5. The number of halogens is 1. The fraction of sp³-hybridized carbons (Fsp3) is 0.875. The highest BCUT2D eigenvalue weighted by Crippen LogP contribution is 2.19. The number of carbonyl (C=O) groups excluding carboxylic acids is 1. The number of hydrogen-bond acceptors (Lipinski definition) is 1. The number of carbonyl (C=O) groups is 1. The Morgan fingerprint density at radius 3 is 2.18 bits per heavy atom. The van der Waals surface area contributed by atoms with Gasteiger partial charge in [-0.15, -0.1) is 11.6 Å². The van der Waals surface area contributed by atoms with Gasteiger partial charge in [0.1, 0.15) is 4.87 Å². The Morgan fingerprint density at radius 1 is 1.36 bits per heavy atom. The van der Waals surface area contributed by atoms with Crippen molar-refractivity contribution in [2.24, 2.45) is 0 Å². The van der Waals surface area contributed by atoms with Crippen LogP contribution in [0.4, 0.5) is 0 Å². The lowest BCUT2D eigenvalue weighted by Gasteiger charge is -2.23. The predicted molar refractivity (Wildman–Crippen MR) is 45.7 cm³/mol. The maximum absolute atomic E-state index is 11.5. The Hall–Kier alpha value is -0.240. The first-order valence-electron chi connectivity index (χ1n) is 4.00. The second kappa shape index (κ2) is 3.02. The molecule has 0 radical (unpaired) electrons. The summed E-state index contributed by atoms with van der Waals surface area (Å²) in [5.74, 6) is 0.0664. The molecule has 11 heavy (non-hydrogen) atoms. The number of likely N-dealkylation sites (tertiary alicyclic amines) is 1. The van der Waals surface area contributed by atoms with E-state index in [-0.39, 0.29) is 5.91 Å². The Labute approximate surface area is 72.5 Å². The molecule has 1 aliphatic heterocycles. The van der Waals surface area contributed by atoms with E-state index in [1.54, 1.807) is 13.8 Å². The zero-order valence-electron chi connectivity index (χ0n) is 7.06. The molecule has 0 spiro atoms. The van der Waals surface area contributed by atoms with Crippen molar-refractivity contribution >= 4 is 17.5 Å². The molecule has 2 nitrogen and oxygen atoms in total. The third kappa shape index (κ3) is 2.09. The maximum atomic E-state index is 11.5. The minimum absolute atomic E-state index is 0.0664. The van der Waals surface area contributed by atoms with Gasteiger partial charge < -0.3 is 4.90 Å². The molecule has 0 aliphatic carbocycles. The van der Waals surface area contributed by atoms with Gasteiger partial charge in [-0.2, -0.15) is 0 Å². The standard InChI is InChI=1S/C8H14ClNO/c1-8(2,9)7(11)10-5-3-4-6-10/h3-6H2,1-2H3. The van der Waals surface area contributed by atoms with Crippen molar-refractivity contribution in [2.45, 2.75) is 31.6 Å². The van der Waals surface area contributed by atoms with Crippen LogP contribution in [0.5, 0.6) is 0 Å². The summed E-state index contributed by atoms with van der Waals surface area (Å²) in [6, 6.07) is 0. The Morgan fingerprint density at radius 2 is 1.82 bits per heavy atom. The van der Waals surface area contributed by atoms with Crippen molar-refractivity contribution in [1.82, 2.24) is 4.90 Å². The van der Waals surface area contributed by atoms with Crippen LogP contribution in [-0.2, 0) is 4.79 Å². The second-order valence-corrected chi connectivity index (χ2v) is 4.42. The van der Waals surface area contributed by atoms with Gasteiger partial charge in [-0.1, -0.05) is 0 Å². The molecule has 0 atom stereocenters. The Bertz CT molecular complexity index is 156. The van der Waals surface area contributed by atoms with Crippen LogP contribution in [0.1, 0.15) is 26.7 Å². The molecular formula is C8H14ClNO. The molecule has 0 saturated carbocycles. The van der Waals surface area contributed by atoms with Crippen LogP contribution >= 0.6 is 11.6 Å². The van der Waals surface area contributed by atoms with Gasteiger partial charge in [0.15, 0.2) is 0 Å². The summed E-state index contributed by atoms with van der Waals surface area (Å²) in [4.78, 5) is 12.6. The SMILES string of the molecule is CC(C)(Cl)C(=O)N1CCCC1. The van der Waals surface area contributed by atoms with Gasteiger partial charge in [-0.3, -0.25) is 4.79 Å². The van der Waals surface area contributed by atoms with Crippen LogP contribution in [0.15, 0.2) is 0 Å². The molecule has 0 bridgehead atoms. The molecule has 1 fully saturated rings. The summed E-state index contributed by atoms with van der Waals surface area (Å²) in [6.45, 7) is 5.26. The van der Waals surface area contributed by atoms with Crippen LogP contribution in [-0.4, -0.2) is 28.8 Å². The average Bonchev–Trinajstić information content (AvgIpc) is 2.34. The van der Waals surface area contributed by atoms with Crippen molar-refractivity contribution < 1.29 is 4.79 Å². The van der Waals surface area contributed by atoms with Gasteiger partial charge in [0, 0.05) is 13.1 Å². The van der Waals surface area contributed by atoms with E-state index in [4.69, 9.17) is 11.6 Å². The number of alkyl halides is 1. The van der Waals surface area contributed by atoms with Crippen LogP contribution in [0, 0.1) is 0 Å². The highest BCUT2D eigenvalue weighted by Gasteiger charge is 2.30. The van der Waals surface area contributed by atoms with E-state index in [0.29, 0.717) is 0 Å². The molecule has 1 heterocycles. The summed E-state index contributed by atoms with van der Waals surface area (Å²) in [5.41, 5.74) is 0. The van der Waals surface area contributed by atoms with E-state index in [2.05, 4.69) is 0 Å². The van der Waals surface area contributed by atoms with Crippen LogP contribution in [0.2, 0.25) is 0 Å². The second-order valence-electron chi connectivity index (χ2n) is 3.47. The lowest BCUT2D eigenvalue weighted by atomic mass is 10.2. The number of nitrogens with zero attached hydrogens (tertiary/aromatic N) is 1. The van der Waals surface area contributed by atoms with E-state index in [1.807, 2.05) is 4.90 Å². The third-order valence-electron chi connectivity index (χ3n) is 1.90. The summed E-state index contributed by atoms with van der Waals surface area (Å²) < 4.78 is 0. The van der Waals surface area contributed by atoms with Gasteiger partial charge in [-0.25, -0.2) is 0 Å². The molecule has 0 unspecified atom stereocenters. The normalized spacial score (nSPS) is 19.0. The van der Waals surface area contributed by atoms with Gasteiger partial charge >= 0.3 is 0 Å². The summed E-state index contributed by atoms with van der Waals surface area (Å²) >= 11 is 5.87. The maximum Gasteiger partial charge on any atom is 0.243 e. The van der Waals surface area contributed by atoms with Gasteiger partial charge in [0.05, 0.1) is 0 Å². The number of amides is 1. The summed E-state index contributed by atoms with van der Waals surface area (Å²) in [7, 11) is 0. The first kappa shape index (κ1) is 8.85. The van der Waals surface area contributed by atoms with E-state index in [1.165, 1.54) is 0 Å². The molecule has 0 aromatic rings. The topological polar surface area (TPSA) is 20.3 Å². The van der Waals surface area contributed by atoms with Crippen molar-refractivity contribution in [2.75, 3.05) is 13.1 Å². The number of hydrogen-bond donors (Lipinski definition) is 0. The van der Waals surface area contributed by atoms with Crippen LogP contribution in [0.25, 0.3) is 0 Å². The molecule has 1 aliphatic rings. The molecule has 1 rings (SSSR count). The largest absolute Gasteiger partial charge is 0.341 e. The van der Waals surface area contributed by atoms with Crippen molar-refractivity contribution in [3.8, 4) is 0 Å². The Balaban J connectivity index is 2.53. The van der Waals surface area contributed by atoms with Gasteiger partial charge in [-0.05, 0) is 26.7 Å². The molecular weight excluding hydrogens is 162 g/mol. The number of rotatable bonds is 1. The zero-order valence-corrected chi connectivity index (χ0v) is 7.82. The fourth-order valence-electron chi connectivity index (χ4n) is 1.30. The molecule has 0 N–H and O–H groups in total. The minimum Gasteiger partial charge on any atom is -0.341 e. The van der Waals surface area contributed by atoms with E-state index < -0.39 is 4.87 Å². The average molecular weight is 176 g/mol. The van der Waals surface area contributed by atoms with E-state index >= 15 is 0 Å². The fourth-order valence-corrected chi connectivity index (χ4v) is 1.42. The van der Waals surface area contributed by atoms with Gasteiger partial charge in [0.2, 0.25) is 5.91 Å². The van der Waals surface area contributed by atoms with E-state index in [9.17, 15) is 4.79 Å². The molecule has 0 aromatic carbocycles. The highest BCUT2D eigenvalue weighted by molar-refractivity contribution is 6.34. The monoisotopic (exact) mass is 175 g/mol. The van der Waals surface area contributed by atoms with Crippen molar-refractivity contribution in [1.29, 1.82) is 0 Å². The lowest BCUT2D eigenvalue weighted by Crippen LogP contribution is -2.40. The quantitative estimate of drug-likeness (QED) is 0.555. The van der Waals surface area contributed by atoms with Crippen LogP contribution in [0.3, 0.4) is 0 Å². The molecule has 3 heteroatoms. The molecule has 64 valence electrons. The van der Waals surface area contributed by atoms with Crippen molar-refractivity contribution in [3.05, 3.63) is 0 Å². The summed E-state index contributed by atoms with van der Waals surface area (Å²) in [5, 5.41) is 0. The molecule has 1 saturated heterocycles. The van der Waals surface area contributed by atoms with Gasteiger partial charge in [0.25, 0.3) is 0 Å². The predicted octanol–water partition coefficient (Wildman–Crippen LogP) is 1.63. The molecule has 1 amide bonds. The lowest BCUT2D eigenvalue weighted by molar-refractivity contribution is -0.132. The zero-order chi connectivity index (χ0) is 8.48.